The van der Waals surface area contributed by atoms with E-state index in [9.17, 15) is 19.8 Å². The molecule has 0 aromatic heterocycles. The van der Waals surface area contributed by atoms with E-state index in [0.717, 1.165) is 38.5 Å². The number of rotatable bonds is 23. The molecule has 178 valence electrons. The number of unbranched alkanes of at least 4 members (excludes halogenated alkanes) is 17. The normalized spacial score (nSPS) is 10.9. The maximum atomic E-state index is 11.7. The largest absolute Gasteiger partial charge is 1.00 e. The van der Waals surface area contributed by atoms with Crippen molar-refractivity contribution in [2.24, 2.45) is 5.41 Å². The number of aliphatic carboxylic acids is 2. The second-order valence-electron chi connectivity index (χ2n) is 9.17. The number of hydrogen-bond donors (Lipinski definition) is 0. The molecule has 0 aliphatic carbocycles. The summed E-state index contributed by atoms with van der Waals surface area (Å²) in [5, 5.41) is 23.4. The van der Waals surface area contributed by atoms with E-state index in [1.165, 1.54) is 70.6 Å². The van der Waals surface area contributed by atoms with E-state index in [-0.39, 0.29) is 83.1 Å². The van der Waals surface area contributed by atoms with Gasteiger partial charge in [-0.3, -0.25) is 0 Å². The first-order valence-corrected chi connectivity index (χ1v) is 12.9. The molecule has 0 spiro atoms. The molecule has 0 atom stereocenters. The molecule has 0 bridgehead atoms. The summed E-state index contributed by atoms with van der Waals surface area (Å²) in [6.45, 7) is 4.42. The van der Waals surface area contributed by atoms with Crippen LogP contribution in [-0.2, 0) is 9.59 Å². The van der Waals surface area contributed by atoms with Crippen LogP contribution in [0.15, 0.2) is 0 Å². The van der Waals surface area contributed by atoms with Crippen LogP contribution < -0.4 is 80.5 Å². The third kappa shape index (κ3) is 19.5. The van der Waals surface area contributed by atoms with Crippen LogP contribution in [0.4, 0.5) is 0 Å². The topological polar surface area (TPSA) is 80.3 Å². The Morgan fingerprint density at radius 3 is 0.938 bits per heavy atom. The second-order valence-corrected chi connectivity index (χ2v) is 9.17. The molecule has 0 aliphatic rings. The Morgan fingerprint density at radius 2 is 0.719 bits per heavy atom. The molecule has 0 aromatic carbocycles. The predicted octanol–water partition coefficient (Wildman–Crippen LogP) is -0.287. The molecule has 0 N–H and O–H groups in total. The molecule has 6 heteroatoms. The monoisotopic (exact) mass is 470 g/mol. The first-order chi connectivity index (χ1) is 14.5. The maximum Gasteiger partial charge on any atom is 1.00 e. The third-order valence-electron chi connectivity index (χ3n) is 6.45. The molecule has 0 amide bonds. The van der Waals surface area contributed by atoms with Crippen molar-refractivity contribution in [3.8, 4) is 0 Å². The molecule has 0 radical (unpaired) electrons. The van der Waals surface area contributed by atoms with E-state index < -0.39 is 17.4 Å². The Kier molecular flexibility index (Phi) is 31.6. The van der Waals surface area contributed by atoms with Gasteiger partial charge in [0.2, 0.25) is 0 Å². The Bertz CT molecular complexity index is 418. The summed E-state index contributed by atoms with van der Waals surface area (Å²) in [6.07, 6.45) is 21.6. The summed E-state index contributed by atoms with van der Waals surface area (Å²) in [5.41, 5.74) is -1.80. The Balaban J connectivity index is -0.00000420. The van der Waals surface area contributed by atoms with Crippen molar-refractivity contribution in [2.75, 3.05) is 0 Å². The van der Waals surface area contributed by atoms with Gasteiger partial charge in [0.05, 0.1) is 11.9 Å². The molecule has 0 fully saturated rings. The number of carboxylic acid groups (broad SMARTS) is 2. The first kappa shape index (κ1) is 37.7. The smallest absolute Gasteiger partial charge is 0.549 e. The predicted molar refractivity (Wildman–Crippen MR) is 121 cm³/mol. The Hall–Kier alpha value is 1.17. The van der Waals surface area contributed by atoms with Crippen molar-refractivity contribution >= 4 is 11.9 Å². The Labute approximate surface area is 253 Å². The third-order valence-corrected chi connectivity index (χ3v) is 6.45. The summed E-state index contributed by atoms with van der Waals surface area (Å²) in [6, 6.07) is 0. The molecular formula is C26H48KLiO4. The van der Waals surface area contributed by atoms with Crippen molar-refractivity contribution in [2.45, 2.75) is 149 Å². The van der Waals surface area contributed by atoms with Gasteiger partial charge in [0, 0.05) is 5.41 Å². The van der Waals surface area contributed by atoms with E-state index in [1.807, 2.05) is 0 Å². The van der Waals surface area contributed by atoms with Crippen molar-refractivity contribution in [1.29, 1.82) is 0 Å². The fraction of sp³-hybridized carbons (Fsp3) is 0.923. The standard InChI is InChI=1S/C26H50O4.K.Li/c1-3-5-7-9-11-13-15-17-19-21-23-26(24(27)28,25(29)30)22-20-18-16-14-12-10-8-6-4-2;;/h3-23H2,1-2H3,(H,27,28)(H,29,30);;/q;2*+1/p-2. The number of carboxylic acids is 2. The Morgan fingerprint density at radius 1 is 0.500 bits per heavy atom. The average molecular weight is 471 g/mol. The van der Waals surface area contributed by atoms with Crippen LogP contribution in [0.25, 0.3) is 0 Å². The molecule has 0 rings (SSSR count). The van der Waals surface area contributed by atoms with Gasteiger partial charge in [-0.05, 0) is 12.8 Å². The van der Waals surface area contributed by atoms with E-state index in [2.05, 4.69) is 13.8 Å². The van der Waals surface area contributed by atoms with Crippen molar-refractivity contribution < 1.29 is 90.0 Å². The van der Waals surface area contributed by atoms with Gasteiger partial charge in [0.25, 0.3) is 0 Å². The summed E-state index contributed by atoms with van der Waals surface area (Å²) in [4.78, 5) is 23.4. The molecule has 0 saturated carbocycles. The van der Waals surface area contributed by atoms with Crippen LogP contribution in [0.1, 0.15) is 149 Å². The fourth-order valence-corrected chi connectivity index (χ4v) is 4.27. The second kappa shape index (κ2) is 26.8. The minimum Gasteiger partial charge on any atom is -0.549 e. The molecule has 0 saturated heterocycles. The maximum absolute atomic E-state index is 11.7. The summed E-state index contributed by atoms with van der Waals surface area (Å²) < 4.78 is 0. The van der Waals surface area contributed by atoms with Crippen molar-refractivity contribution in [1.82, 2.24) is 0 Å². The van der Waals surface area contributed by atoms with E-state index in [1.54, 1.807) is 0 Å². The number of hydrogen-bond acceptors (Lipinski definition) is 4. The molecule has 0 unspecified atom stereocenters. The summed E-state index contributed by atoms with van der Waals surface area (Å²) in [5.74, 6) is -2.92. The van der Waals surface area contributed by atoms with Gasteiger partial charge < -0.3 is 19.8 Å². The zero-order valence-electron chi connectivity index (χ0n) is 22.0. The van der Waals surface area contributed by atoms with Crippen molar-refractivity contribution in [3.05, 3.63) is 0 Å². The van der Waals surface area contributed by atoms with Crippen molar-refractivity contribution in [3.63, 3.8) is 0 Å². The zero-order valence-corrected chi connectivity index (χ0v) is 25.1. The quantitative estimate of drug-likeness (QED) is 0.117. The van der Waals surface area contributed by atoms with Crippen LogP contribution in [-0.4, -0.2) is 11.9 Å². The van der Waals surface area contributed by atoms with Crippen LogP contribution in [0.3, 0.4) is 0 Å². The van der Waals surface area contributed by atoms with Gasteiger partial charge in [-0.2, -0.15) is 0 Å². The number of carbonyl (C=O) groups is 2. The molecule has 0 aliphatic heterocycles. The van der Waals surface area contributed by atoms with Gasteiger partial charge in [-0.25, -0.2) is 0 Å². The summed E-state index contributed by atoms with van der Waals surface area (Å²) >= 11 is 0. The van der Waals surface area contributed by atoms with E-state index in [0.29, 0.717) is 12.8 Å². The van der Waals surface area contributed by atoms with Gasteiger partial charge >= 0.3 is 70.2 Å². The molecular weight excluding hydrogens is 422 g/mol. The minimum absolute atomic E-state index is 0. The zero-order chi connectivity index (χ0) is 22.5. The molecule has 0 heterocycles. The molecule has 0 aromatic rings. The molecule has 32 heavy (non-hydrogen) atoms. The van der Waals surface area contributed by atoms with Gasteiger partial charge in [-0.15, -0.1) is 0 Å². The first-order valence-electron chi connectivity index (χ1n) is 12.9. The summed E-state index contributed by atoms with van der Waals surface area (Å²) in [7, 11) is 0. The van der Waals surface area contributed by atoms with Crippen LogP contribution >= 0.6 is 0 Å². The van der Waals surface area contributed by atoms with E-state index >= 15 is 0 Å². The van der Waals surface area contributed by atoms with Crippen LogP contribution in [0.2, 0.25) is 0 Å². The van der Waals surface area contributed by atoms with Crippen LogP contribution in [0, 0.1) is 5.41 Å². The minimum atomic E-state index is -1.80. The SMILES string of the molecule is CCCCCCCCCCCCC(CCCCCCCCCCC)(C(=O)[O-])C(=O)[O-].[K+].[Li+]. The number of carbonyl (C=O) groups excluding carboxylic acids is 2. The van der Waals surface area contributed by atoms with E-state index in [4.69, 9.17) is 0 Å². The van der Waals surface area contributed by atoms with Crippen LogP contribution in [0.5, 0.6) is 0 Å². The van der Waals surface area contributed by atoms with Gasteiger partial charge in [0.1, 0.15) is 0 Å². The molecule has 4 nitrogen and oxygen atoms in total. The van der Waals surface area contributed by atoms with Gasteiger partial charge in [-0.1, -0.05) is 136 Å². The average Bonchev–Trinajstić information content (AvgIpc) is 2.71. The van der Waals surface area contributed by atoms with Gasteiger partial charge in [0.15, 0.2) is 0 Å². The fourth-order valence-electron chi connectivity index (χ4n) is 4.27.